The summed E-state index contributed by atoms with van der Waals surface area (Å²) in [5.41, 5.74) is 6.67. The van der Waals surface area contributed by atoms with Gasteiger partial charge in [0, 0.05) is 24.7 Å². The fourth-order valence-corrected chi connectivity index (χ4v) is 1.85. The van der Waals surface area contributed by atoms with E-state index in [-0.39, 0.29) is 18.5 Å². The summed E-state index contributed by atoms with van der Waals surface area (Å²) >= 11 is 0. The van der Waals surface area contributed by atoms with E-state index in [0.29, 0.717) is 18.7 Å². The summed E-state index contributed by atoms with van der Waals surface area (Å²) in [5.74, 6) is -0.564. The summed E-state index contributed by atoms with van der Waals surface area (Å²) in [4.78, 5) is 2.02. The Morgan fingerprint density at radius 3 is 2.68 bits per heavy atom. The van der Waals surface area contributed by atoms with Crippen molar-refractivity contribution in [3.63, 3.8) is 0 Å². The summed E-state index contributed by atoms with van der Waals surface area (Å²) in [6.45, 7) is 5.04. The van der Waals surface area contributed by atoms with Crippen LogP contribution >= 0.6 is 0 Å². The zero-order chi connectivity index (χ0) is 14.4. The highest BCUT2D eigenvalue weighted by Crippen LogP contribution is 2.15. The van der Waals surface area contributed by atoms with Crippen molar-refractivity contribution < 1.29 is 14.7 Å². The van der Waals surface area contributed by atoms with E-state index in [0.717, 1.165) is 5.56 Å². The van der Waals surface area contributed by atoms with Gasteiger partial charge in [-0.2, -0.15) is 0 Å². The molecule has 0 aromatic heterocycles. The van der Waals surface area contributed by atoms with E-state index in [9.17, 15) is 4.39 Å². The molecule has 1 aromatic carbocycles. The summed E-state index contributed by atoms with van der Waals surface area (Å²) in [6.07, 6.45) is 0. The molecule has 0 aliphatic heterocycles. The first-order valence-corrected chi connectivity index (χ1v) is 6.10. The van der Waals surface area contributed by atoms with Crippen LogP contribution in [0.2, 0.25) is 0 Å². The first-order valence-electron chi connectivity index (χ1n) is 6.10. The molecule has 0 aliphatic carbocycles. The van der Waals surface area contributed by atoms with Crippen molar-refractivity contribution in [3.05, 3.63) is 35.1 Å². The first kappa shape index (κ1) is 15.4. The van der Waals surface area contributed by atoms with Gasteiger partial charge in [-0.3, -0.25) is 4.90 Å². The molecule has 0 saturated heterocycles. The van der Waals surface area contributed by atoms with Gasteiger partial charge in [0.05, 0.1) is 6.61 Å². The van der Waals surface area contributed by atoms with Crippen LogP contribution in [0.1, 0.15) is 25.0 Å². The molecule has 19 heavy (non-hydrogen) atoms. The number of benzene rings is 1. The molecule has 0 radical (unpaired) electrons. The number of nitrogens with two attached hydrogens (primary N) is 1. The van der Waals surface area contributed by atoms with Gasteiger partial charge in [0.25, 0.3) is 0 Å². The number of aliphatic hydroxyl groups excluding tert-OH is 1. The van der Waals surface area contributed by atoms with Gasteiger partial charge >= 0.3 is 0 Å². The van der Waals surface area contributed by atoms with Gasteiger partial charge in [0.2, 0.25) is 0 Å². The molecule has 0 spiro atoms. The third-order valence-corrected chi connectivity index (χ3v) is 2.95. The minimum absolute atomic E-state index is 0.0400. The van der Waals surface area contributed by atoms with Crippen molar-refractivity contribution in [2.24, 2.45) is 10.9 Å². The molecule has 0 bridgehead atoms. The van der Waals surface area contributed by atoms with Crippen LogP contribution in [0.5, 0.6) is 0 Å². The van der Waals surface area contributed by atoms with E-state index in [2.05, 4.69) is 5.16 Å². The number of hydrogen-bond donors (Lipinski definition) is 3. The minimum atomic E-state index is -0.441. The Kier molecular flexibility index (Phi) is 5.72. The molecule has 1 rings (SSSR count). The maximum absolute atomic E-state index is 13.2. The summed E-state index contributed by atoms with van der Waals surface area (Å²) in [7, 11) is 0. The lowest BCUT2D eigenvalue weighted by Gasteiger charge is -2.26. The van der Waals surface area contributed by atoms with Gasteiger partial charge in [0.1, 0.15) is 5.82 Å². The number of rotatable bonds is 6. The Morgan fingerprint density at radius 2 is 2.16 bits per heavy atom. The quantitative estimate of drug-likeness (QED) is 0.313. The molecule has 0 unspecified atom stereocenters. The van der Waals surface area contributed by atoms with Crippen molar-refractivity contribution in [1.29, 1.82) is 0 Å². The number of halogens is 1. The average molecular weight is 269 g/mol. The lowest BCUT2D eigenvalue weighted by Crippen LogP contribution is -2.33. The lowest BCUT2D eigenvalue weighted by molar-refractivity contribution is 0.159. The van der Waals surface area contributed by atoms with Crippen LogP contribution in [-0.4, -0.2) is 40.2 Å². The summed E-state index contributed by atoms with van der Waals surface area (Å²) in [6, 6.07) is 4.40. The van der Waals surface area contributed by atoms with E-state index in [1.54, 1.807) is 6.07 Å². The van der Waals surface area contributed by atoms with E-state index < -0.39 is 5.82 Å². The fourth-order valence-electron chi connectivity index (χ4n) is 1.85. The number of hydrogen-bond acceptors (Lipinski definition) is 4. The summed E-state index contributed by atoms with van der Waals surface area (Å²) in [5, 5.41) is 20.7. The zero-order valence-corrected chi connectivity index (χ0v) is 11.2. The molecule has 5 nitrogen and oxygen atoms in total. The molecule has 4 N–H and O–H groups in total. The van der Waals surface area contributed by atoms with Crippen LogP contribution in [0.15, 0.2) is 23.4 Å². The van der Waals surface area contributed by atoms with Gasteiger partial charge in [-0.25, -0.2) is 4.39 Å². The predicted octanol–water partition coefficient (Wildman–Crippen LogP) is 1.12. The lowest BCUT2D eigenvalue weighted by atomic mass is 10.1. The second kappa shape index (κ2) is 7.06. The molecule has 0 amide bonds. The van der Waals surface area contributed by atoms with Crippen molar-refractivity contribution in [2.75, 3.05) is 13.2 Å². The van der Waals surface area contributed by atoms with E-state index in [1.807, 2.05) is 18.7 Å². The third kappa shape index (κ3) is 4.18. The van der Waals surface area contributed by atoms with Gasteiger partial charge in [-0.15, -0.1) is 0 Å². The maximum Gasteiger partial charge on any atom is 0.170 e. The van der Waals surface area contributed by atoms with Gasteiger partial charge in [-0.05, 0) is 31.5 Å². The van der Waals surface area contributed by atoms with Crippen LogP contribution in [0.4, 0.5) is 4.39 Å². The Labute approximate surface area is 112 Å². The molecule has 0 saturated carbocycles. The van der Waals surface area contributed by atoms with Crippen molar-refractivity contribution in [1.82, 2.24) is 4.90 Å². The molecule has 0 heterocycles. The smallest absolute Gasteiger partial charge is 0.170 e. The average Bonchev–Trinajstić information content (AvgIpc) is 2.38. The summed E-state index contributed by atoms with van der Waals surface area (Å²) < 4.78 is 13.2. The van der Waals surface area contributed by atoms with Crippen LogP contribution in [-0.2, 0) is 6.54 Å². The Bertz CT molecular complexity index is 450. The molecule has 0 atom stereocenters. The molecular formula is C13H20FN3O2. The monoisotopic (exact) mass is 269 g/mol. The highest BCUT2D eigenvalue weighted by Gasteiger charge is 2.14. The molecule has 1 aromatic rings. The standard InChI is InChI=1S/C13H20FN3O2/c1-9(2)17(5-6-18)8-10-3-4-11(14)7-12(10)13(15)16-19/h3-4,7,9,18-19H,5-6,8H2,1-2H3,(H2,15,16). The second-order valence-corrected chi connectivity index (χ2v) is 4.57. The van der Waals surface area contributed by atoms with E-state index in [1.165, 1.54) is 12.1 Å². The van der Waals surface area contributed by atoms with Crippen LogP contribution in [0.25, 0.3) is 0 Å². The van der Waals surface area contributed by atoms with Gasteiger partial charge in [-0.1, -0.05) is 11.2 Å². The topological polar surface area (TPSA) is 82.1 Å². The molecular weight excluding hydrogens is 249 g/mol. The van der Waals surface area contributed by atoms with Crippen molar-refractivity contribution in [3.8, 4) is 0 Å². The maximum atomic E-state index is 13.2. The molecule has 106 valence electrons. The Balaban J connectivity index is 3.05. The highest BCUT2D eigenvalue weighted by atomic mass is 19.1. The fraction of sp³-hybridized carbons (Fsp3) is 0.462. The molecule has 6 heteroatoms. The van der Waals surface area contributed by atoms with Crippen molar-refractivity contribution >= 4 is 5.84 Å². The van der Waals surface area contributed by atoms with Crippen LogP contribution in [0.3, 0.4) is 0 Å². The third-order valence-electron chi connectivity index (χ3n) is 2.95. The number of aliphatic hydroxyl groups is 1. The highest BCUT2D eigenvalue weighted by molar-refractivity contribution is 5.98. The van der Waals surface area contributed by atoms with Gasteiger partial charge < -0.3 is 16.0 Å². The molecule has 0 aliphatic rings. The van der Waals surface area contributed by atoms with E-state index >= 15 is 0 Å². The zero-order valence-electron chi connectivity index (χ0n) is 11.2. The number of amidine groups is 1. The van der Waals surface area contributed by atoms with Crippen molar-refractivity contribution in [2.45, 2.75) is 26.4 Å². The Morgan fingerprint density at radius 1 is 1.47 bits per heavy atom. The van der Waals surface area contributed by atoms with E-state index in [4.69, 9.17) is 16.0 Å². The first-order chi connectivity index (χ1) is 8.99. The predicted molar refractivity (Wildman–Crippen MR) is 71.5 cm³/mol. The van der Waals surface area contributed by atoms with Gasteiger partial charge in [0.15, 0.2) is 5.84 Å². The molecule has 0 fully saturated rings. The normalized spacial score (nSPS) is 12.4. The number of oxime groups is 1. The SMILES string of the molecule is CC(C)N(CCO)Cc1ccc(F)cc1C(N)=NO. The number of nitrogens with zero attached hydrogens (tertiary/aromatic N) is 2. The Hall–Kier alpha value is -1.66. The van der Waals surface area contributed by atoms with Crippen LogP contribution in [0, 0.1) is 5.82 Å². The minimum Gasteiger partial charge on any atom is -0.409 e. The largest absolute Gasteiger partial charge is 0.409 e. The second-order valence-electron chi connectivity index (χ2n) is 4.57. The van der Waals surface area contributed by atoms with Crippen LogP contribution < -0.4 is 5.73 Å².